The topological polar surface area (TPSA) is 62.3 Å². The molecule has 38 heavy (non-hydrogen) atoms. The highest BCUT2D eigenvalue weighted by Gasteiger charge is 2.25. The average Bonchev–Trinajstić information content (AvgIpc) is 2.97. The number of hydrogen-bond donors (Lipinski definition) is 1. The molecule has 0 aliphatic rings. The highest BCUT2D eigenvalue weighted by atomic mass is 16.2. The van der Waals surface area contributed by atoms with Crippen LogP contribution in [0.5, 0.6) is 0 Å². The molecule has 2 amide bonds. The molecule has 4 aromatic carbocycles. The van der Waals surface area contributed by atoms with E-state index in [0.717, 1.165) is 22.0 Å². The van der Waals surface area contributed by atoms with Gasteiger partial charge in [0.05, 0.1) is 22.8 Å². The Morgan fingerprint density at radius 2 is 1.37 bits per heavy atom. The van der Waals surface area contributed by atoms with Crippen LogP contribution in [-0.2, 0) is 6.54 Å². The first kappa shape index (κ1) is 24.9. The number of amides is 2. The van der Waals surface area contributed by atoms with Crippen molar-refractivity contribution in [3.8, 4) is 11.3 Å². The zero-order valence-corrected chi connectivity index (χ0v) is 21.5. The van der Waals surface area contributed by atoms with E-state index in [9.17, 15) is 9.59 Å². The summed E-state index contributed by atoms with van der Waals surface area (Å²) in [4.78, 5) is 34.0. The average molecular weight is 500 g/mol. The van der Waals surface area contributed by atoms with Gasteiger partial charge in [-0.2, -0.15) is 0 Å². The first-order valence-corrected chi connectivity index (χ1v) is 12.7. The van der Waals surface area contributed by atoms with E-state index in [-0.39, 0.29) is 24.4 Å². The molecule has 1 heterocycles. The Morgan fingerprint density at radius 3 is 2.05 bits per heavy atom. The summed E-state index contributed by atoms with van der Waals surface area (Å²) in [5, 5.41) is 3.94. The number of benzene rings is 4. The molecule has 1 N–H and O–H groups in total. The molecular weight excluding hydrogens is 470 g/mol. The zero-order chi connectivity index (χ0) is 26.5. The Balaban J connectivity index is 1.64. The summed E-state index contributed by atoms with van der Waals surface area (Å²) >= 11 is 0. The molecule has 5 nitrogen and oxygen atoms in total. The van der Waals surface area contributed by atoms with Crippen molar-refractivity contribution in [2.75, 3.05) is 7.05 Å². The third kappa shape index (κ3) is 5.18. The second kappa shape index (κ2) is 11.1. The molecule has 1 atom stereocenters. The Labute approximate surface area is 222 Å². The Hall–Kier alpha value is -4.77. The summed E-state index contributed by atoms with van der Waals surface area (Å²) in [5.41, 5.74) is 5.15. The predicted molar refractivity (Wildman–Crippen MR) is 152 cm³/mol. The van der Waals surface area contributed by atoms with Gasteiger partial charge in [-0.25, -0.2) is 4.98 Å². The van der Waals surface area contributed by atoms with E-state index >= 15 is 0 Å². The van der Waals surface area contributed by atoms with Crippen LogP contribution >= 0.6 is 0 Å². The normalized spacial score (nSPS) is 11.6. The largest absolute Gasteiger partial charge is 0.345 e. The van der Waals surface area contributed by atoms with Crippen molar-refractivity contribution in [2.24, 2.45) is 0 Å². The molecule has 5 heteroatoms. The fourth-order valence-corrected chi connectivity index (χ4v) is 4.70. The minimum absolute atomic E-state index is 0.123. The van der Waals surface area contributed by atoms with E-state index in [1.54, 1.807) is 24.1 Å². The van der Waals surface area contributed by atoms with Crippen molar-refractivity contribution in [2.45, 2.75) is 19.5 Å². The Kier molecular flexibility index (Phi) is 7.27. The van der Waals surface area contributed by atoms with E-state index in [4.69, 9.17) is 4.98 Å². The van der Waals surface area contributed by atoms with Gasteiger partial charge in [0.1, 0.15) is 0 Å². The van der Waals surface area contributed by atoms with Gasteiger partial charge in [-0.05, 0) is 30.7 Å². The summed E-state index contributed by atoms with van der Waals surface area (Å²) < 4.78 is 0. The second-order valence-corrected chi connectivity index (χ2v) is 9.33. The van der Waals surface area contributed by atoms with Crippen LogP contribution in [0.15, 0.2) is 115 Å². The number of para-hydroxylation sites is 1. The number of hydrogen-bond acceptors (Lipinski definition) is 3. The molecule has 0 aliphatic heterocycles. The molecule has 1 aromatic heterocycles. The molecule has 0 radical (unpaired) electrons. The van der Waals surface area contributed by atoms with Crippen LogP contribution in [0, 0.1) is 0 Å². The van der Waals surface area contributed by atoms with Crippen LogP contribution in [0.3, 0.4) is 0 Å². The maximum atomic E-state index is 14.0. The lowest BCUT2D eigenvalue weighted by Gasteiger charge is -2.24. The van der Waals surface area contributed by atoms with Crippen LogP contribution in [0.2, 0.25) is 0 Å². The second-order valence-electron chi connectivity index (χ2n) is 9.33. The quantitative estimate of drug-likeness (QED) is 0.272. The lowest BCUT2D eigenvalue weighted by molar-refractivity contribution is 0.0782. The van der Waals surface area contributed by atoms with Gasteiger partial charge < -0.3 is 10.2 Å². The van der Waals surface area contributed by atoms with Gasteiger partial charge in [0.2, 0.25) is 0 Å². The highest BCUT2D eigenvalue weighted by Crippen LogP contribution is 2.32. The standard InChI is InChI=1S/C33H29N3O2/c1-23(24-14-6-3-7-15-24)34-32(37)30-27-20-12-13-21-29(27)35-31(25-16-8-4-9-17-25)28(30)22-36(2)33(38)26-18-10-5-11-19-26/h3-21,23H,22H2,1-2H3,(H,34,37)/t23-/m0/s1. The van der Waals surface area contributed by atoms with Crippen molar-refractivity contribution >= 4 is 22.7 Å². The summed E-state index contributed by atoms with van der Waals surface area (Å²) in [6, 6.07) is 36.3. The van der Waals surface area contributed by atoms with Crippen molar-refractivity contribution in [1.29, 1.82) is 0 Å². The molecule has 0 fully saturated rings. The number of fused-ring (bicyclic) bond motifs is 1. The number of pyridine rings is 1. The fraction of sp³-hybridized carbons (Fsp3) is 0.121. The summed E-state index contributed by atoms with van der Waals surface area (Å²) in [6.07, 6.45) is 0. The zero-order valence-electron chi connectivity index (χ0n) is 21.5. The molecule has 0 bridgehead atoms. The van der Waals surface area contributed by atoms with Crippen LogP contribution in [0.4, 0.5) is 0 Å². The SMILES string of the molecule is C[C@H](NC(=O)c1c(CN(C)C(=O)c2ccccc2)c(-c2ccccc2)nc2ccccc12)c1ccccc1. The van der Waals surface area contributed by atoms with Crippen molar-refractivity contribution in [3.05, 3.63) is 138 Å². The maximum Gasteiger partial charge on any atom is 0.253 e. The number of nitrogens with one attached hydrogen (secondary N) is 1. The summed E-state index contributed by atoms with van der Waals surface area (Å²) in [5.74, 6) is -0.325. The molecule has 0 spiro atoms. The molecule has 0 aliphatic carbocycles. The molecular formula is C33H29N3O2. The van der Waals surface area contributed by atoms with E-state index in [1.807, 2.05) is 110 Å². The van der Waals surface area contributed by atoms with Crippen molar-refractivity contribution in [3.63, 3.8) is 0 Å². The molecule has 188 valence electrons. The lowest BCUT2D eigenvalue weighted by atomic mass is 9.95. The number of rotatable bonds is 7. The number of carbonyl (C=O) groups is 2. The third-order valence-corrected chi connectivity index (χ3v) is 6.68. The van der Waals surface area contributed by atoms with Crippen LogP contribution in [-0.4, -0.2) is 28.7 Å². The third-order valence-electron chi connectivity index (χ3n) is 6.68. The molecule has 0 saturated carbocycles. The molecule has 5 aromatic rings. The van der Waals surface area contributed by atoms with Gasteiger partial charge in [-0.1, -0.05) is 97.1 Å². The molecule has 0 saturated heterocycles. The fourth-order valence-electron chi connectivity index (χ4n) is 4.70. The predicted octanol–water partition coefficient (Wildman–Crippen LogP) is 6.67. The highest BCUT2D eigenvalue weighted by molar-refractivity contribution is 6.09. The summed E-state index contributed by atoms with van der Waals surface area (Å²) in [6.45, 7) is 2.19. The first-order chi connectivity index (χ1) is 18.5. The van der Waals surface area contributed by atoms with E-state index in [0.29, 0.717) is 22.4 Å². The minimum atomic E-state index is -0.202. The summed E-state index contributed by atoms with van der Waals surface area (Å²) in [7, 11) is 1.76. The van der Waals surface area contributed by atoms with Gasteiger partial charge in [-0.3, -0.25) is 9.59 Å². The Morgan fingerprint density at radius 1 is 0.789 bits per heavy atom. The van der Waals surface area contributed by atoms with Gasteiger partial charge in [0, 0.05) is 35.7 Å². The molecule has 5 rings (SSSR count). The van der Waals surface area contributed by atoms with Crippen LogP contribution in [0.25, 0.3) is 22.2 Å². The van der Waals surface area contributed by atoms with E-state index in [2.05, 4.69) is 5.32 Å². The van der Waals surface area contributed by atoms with Crippen molar-refractivity contribution in [1.82, 2.24) is 15.2 Å². The number of aromatic nitrogens is 1. The van der Waals surface area contributed by atoms with Crippen LogP contribution in [0.1, 0.15) is 44.8 Å². The van der Waals surface area contributed by atoms with E-state index in [1.165, 1.54) is 0 Å². The van der Waals surface area contributed by atoms with Gasteiger partial charge in [0.25, 0.3) is 11.8 Å². The monoisotopic (exact) mass is 499 g/mol. The van der Waals surface area contributed by atoms with Crippen molar-refractivity contribution < 1.29 is 9.59 Å². The smallest absolute Gasteiger partial charge is 0.253 e. The first-order valence-electron chi connectivity index (χ1n) is 12.7. The van der Waals surface area contributed by atoms with Gasteiger partial charge in [-0.15, -0.1) is 0 Å². The number of nitrogens with zero attached hydrogens (tertiary/aromatic N) is 2. The molecule has 0 unspecified atom stereocenters. The van der Waals surface area contributed by atoms with Crippen LogP contribution < -0.4 is 5.32 Å². The minimum Gasteiger partial charge on any atom is -0.345 e. The van der Waals surface area contributed by atoms with E-state index < -0.39 is 0 Å². The van der Waals surface area contributed by atoms with Gasteiger partial charge >= 0.3 is 0 Å². The Bertz CT molecular complexity index is 1570. The lowest BCUT2D eigenvalue weighted by Crippen LogP contribution is -2.31. The maximum absolute atomic E-state index is 14.0. The number of carbonyl (C=O) groups excluding carboxylic acids is 2. The van der Waals surface area contributed by atoms with Gasteiger partial charge in [0.15, 0.2) is 0 Å².